The molecule has 0 unspecified atom stereocenters. The van der Waals surface area contributed by atoms with Crippen LogP contribution in [0, 0.1) is 6.92 Å². The number of esters is 1. The van der Waals surface area contributed by atoms with Crippen LogP contribution >= 0.6 is 11.6 Å². The summed E-state index contributed by atoms with van der Waals surface area (Å²) >= 11 is 6.09. The highest BCUT2D eigenvalue weighted by molar-refractivity contribution is 6.31. The Hall–Kier alpha value is -3.84. The average Bonchev–Trinajstić information content (AvgIpc) is 2.85. The van der Waals surface area contributed by atoms with E-state index in [1.807, 2.05) is 36.4 Å². The molecule has 8 heteroatoms. The standard InChI is InChI=1S/C26H25ClN2O5/c1-17-13-22(23(33-2)14-20(17)27)28-24(30)16-34-25(31)15-21(18-9-5-3-6-10-18)29-26(32)19-11-7-4-8-12-19/h3-14,21H,15-16H2,1-2H3,(H,28,30)(H,29,32)/t21-/m0/s1. The third-order valence-electron chi connectivity index (χ3n) is 5.03. The van der Waals surface area contributed by atoms with Gasteiger partial charge in [-0.2, -0.15) is 0 Å². The molecule has 2 amide bonds. The first-order valence-corrected chi connectivity index (χ1v) is 11.0. The number of aryl methyl sites for hydroxylation is 1. The zero-order chi connectivity index (χ0) is 24.5. The molecule has 0 aliphatic carbocycles. The highest BCUT2D eigenvalue weighted by atomic mass is 35.5. The van der Waals surface area contributed by atoms with Crippen molar-refractivity contribution in [2.75, 3.05) is 19.0 Å². The van der Waals surface area contributed by atoms with Crippen molar-refractivity contribution < 1.29 is 23.9 Å². The number of methoxy groups -OCH3 is 1. The van der Waals surface area contributed by atoms with Gasteiger partial charge in [-0.15, -0.1) is 0 Å². The lowest BCUT2D eigenvalue weighted by Crippen LogP contribution is -2.31. The lowest BCUT2D eigenvalue weighted by atomic mass is 10.0. The molecule has 176 valence electrons. The molecule has 0 saturated heterocycles. The van der Waals surface area contributed by atoms with E-state index in [4.69, 9.17) is 21.1 Å². The number of carbonyl (C=O) groups excluding carboxylic acids is 3. The monoisotopic (exact) mass is 480 g/mol. The molecule has 3 rings (SSSR count). The Bertz CT molecular complexity index is 1150. The second-order valence-electron chi connectivity index (χ2n) is 7.52. The highest BCUT2D eigenvalue weighted by Crippen LogP contribution is 2.30. The van der Waals surface area contributed by atoms with E-state index >= 15 is 0 Å². The maximum absolute atomic E-state index is 12.6. The van der Waals surface area contributed by atoms with Crippen LogP contribution in [0.4, 0.5) is 5.69 Å². The molecule has 0 heterocycles. The van der Waals surface area contributed by atoms with E-state index in [1.165, 1.54) is 7.11 Å². The lowest BCUT2D eigenvalue weighted by Gasteiger charge is -2.19. The van der Waals surface area contributed by atoms with E-state index in [-0.39, 0.29) is 12.3 Å². The molecule has 0 radical (unpaired) electrons. The van der Waals surface area contributed by atoms with Gasteiger partial charge < -0.3 is 20.1 Å². The summed E-state index contributed by atoms with van der Waals surface area (Å²) in [6, 6.07) is 20.5. The zero-order valence-electron chi connectivity index (χ0n) is 18.8. The normalized spacial score (nSPS) is 11.3. The molecule has 0 aromatic heterocycles. The van der Waals surface area contributed by atoms with Gasteiger partial charge in [0.2, 0.25) is 0 Å². The van der Waals surface area contributed by atoms with Crippen LogP contribution in [0.1, 0.15) is 33.9 Å². The molecule has 2 N–H and O–H groups in total. The summed E-state index contributed by atoms with van der Waals surface area (Å²) in [5.41, 5.74) is 2.40. The summed E-state index contributed by atoms with van der Waals surface area (Å²) in [6.07, 6.45) is -0.140. The van der Waals surface area contributed by atoms with Gasteiger partial charge in [0.25, 0.3) is 11.8 Å². The SMILES string of the molecule is COc1cc(Cl)c(C)cc1NC(=O)COC(=O)C[C@H](NC(=O)c1ccccc1)c1ccccc1. The van der Waals surface area contributed by atoms with Crippen molar-refractivity contribution in [3.8, 4) is 5.75 Å². The number of nitrogens with one attached hydrogen (secondary N) is 2. The van der Waals surface area contributed by atoms with Crippen LogP contribution in [0.2, 0.25) is 5.02 Å². The van der Waals surface area contributed by atoms with Crippen molar-refractivity contribution in [3.63, 3.8) is 0 Å². The van der Waals surface area contributed by atoms with E-state index in [0.717, 1.165) is 11.1 Å². The summed E-state index contributed by atoms with van der Waals surface area (Å²) in [5, 5.41) is 6.02. The molecule has 0 bridgehead atoms. The van der Waals surface area contributed by atoms with E-state index in [1.54, 1.807) is 43.3 Å². The maximum Gasteiger partial charge on any atom is 0.308 e. The summed E-state index contributed by atoms with van der Waals surface area (Å²) in [7, 11) is 1.46. The fourth-order valence-corrected chi connectivity index (χ4v) is 3.41. The first-order chi connectivity index (χ1) is 16.4. The fourth-order valence-electron chi connectivity index (χ4n) is 3.26. The number of carbonyl (C=O) groups is 3. The van der Waals surface area contributed by atoms with Gasteiger partial charge in [-0.1, -0.05) is 60.1 Å². The van der Waals surface area contributed by atoms with Crippen LogP contribution in [-0.4, -0.2) is 31.5 Å². The summed E-state index contributed by atoms with van der Waals surface area (Å²) in [5.74, 6) is -1.08. The highest BCUT2D eigenvalue weighted by Gasteiger charge is 2.21. The van der Waals surface area contributed by atoms with Crippen LogP contribution in [0.25, 0.3) is 0 Å². The minimum Gasteiger partial charge on any atom is -0.495 e. The Morgan fingerprint density at radius 3 is 2.26 bits per heavy atom. The molecule has 0 spiro atoms. The number of rotatable bonds is 9. The molecule has 0 saturated carbocycles. The average molecular weight is 481 g/mol. The number of halogens is 1. The van der Waals surface area contributed by atoms with Crippen molar-refractivity contribution >= 4 is 35.1 Å². The molecule has 3 aromatic rings. The van der Waals surface area contributed by atoms with Crippen molar-refractivity contribution in [1.82, 2.24) is 5.32 Å². The van der Waals surface area contributed by atoms with Gasteiger partial charge in [0.15, 0.2) is 6.61 Å². The Morgan fingerprint density at radius 1 is 0.971 bits per heavy atom. The van der Waals surface area contributed by atoms with Gasteiger partial charge in [-0.3, -0.25) is 14.4 Å². The van der Waals surface area contributed by atoms with Crippen LogP contribution < -0.4 is 15.4 Å². The molecular formula is C26H25ClN2O5. The lowest BCUT2D eigenvalue weighted by molar-refractivity contribution is -0.147. The smallest absolute Gasteiger partial charge is 0.308 e. The number of anilines is 1. The Balaban J connectivity index is 1.62. The molecule has 0 fully saturated rings. The Kier molecular flexibility index (Phi) is 8.65. The molecular weight excluding hydrogens is 456 g/mol. The van der Waals surface area contributed by atoms with Gasteiger partial charge in [-0.25, -0.2) is 0 Å². The largest absolute Gasteiger partial charge is 0.495 e. The number of ether oxygens (including phenoxy) is 2. The Morgan fingerprint density at radius 2 is 1.62 bits per heavy atom. The van der Waals surface area contributed by atoms with Gasteiger partial charge in [0.1, 0.15) is 5.75 Å². The maximum atomic E-state index is 12.6. The van der Waals surface area contributed by atoms with Crippen LogP contribution in [0.15, 0.2) is 72.8 Å². The van der Waals surface area contributed by atoms with Gasteiger partial charge in [0.05, 0.1) is 25.3 Å². The topological polar surface area (TPSA) is 93.7 Å². The predicted octanol–water partition coefficient (Wildman–Crippen LogP) is 4.70. The molecule has 7 nitrogen and oxygen atoms in total. The van der Waals surface area contributed by atoms with Gasteiger partial charge >= 0.3 is 5.97 Å². The van der Waals surface area contributed by atoms with E-state index in [9.17, 15) is 14.4 Å². The minimum absolute atomic E-state index is 0.140. The summed E-state index contributed by atoms with van der Waals surface area (Å²) in [4.78, 5) is 37.5. The zero-order valence-corrected chi connectivity index (χ0v) is 19.6. The number of hydrogen-bond acceptors (Lipinski definition) is 5. The molecule has 1 atom stereocenters. The minimum atomic E-state index is -0.628. The number of amides is 2. The molecule has 34 heavy (non-hydrogen) atoms. The Labute approximate surface area is 203 Å². The predicted molar refractivity (Wildman–Crippen MR) is 130 cm³/mol. The molecule has 3 aromatic carbocycles. The summed E-state index contributed by atoms with van der Waals surface area (Å²) in [6.45, 7) is 1.31. The van der Waals surface area contributed by atoms with E-state index in [0.29, 0.717) is 22.0 Å². The fraction of sp³-hybridized carbons (Fsp3) is 0.192. The molecule has 0 aliphatic heterocycles. The van der Waals surface area contributed by atoms with Crippen molar-refractivity contribution in [2.45, 2.75) is 19.4 Å². The van der Waals surface area contributed by atoms with Crippen molar-refractivity contribution in [1.29, 1.82) is 0 Å². The quantitative estimate of drug-likeness (QED) is 0.433. The van der Waals surface area contributed by atoms with E-state index in [2.05, 4.69) is 10.6 Å². The van der Waals surface area contributed by atoms with E-state index < -0.39 is 24.5 Å². The second kappa shape index (κ2) is 11.9. The van der Waals surface area contributed by atoms with Gasteiger partial charge in [0, 0.05) is 16.7 Å². The van der Waals surface area contributed by atoms with Crippen LogP contribution in [0.3, 0.4) is 0 Å². The summed E-state index contributed by atoms with van der Waals surface area (Å²) < 4.78 is 10.4. The van der Waals surface area contributed by atoms with Crippen LogP contribution in [0.5, 0.6) is 5.75 Å². The van der Waals surface area contributed by atoms with Crippen molar-refractivity contribution in [2.24, 2.45) is 0 Å². The number of benzene rings is 3. The molecule has 0 aliphatic rings. The number of hydrogen-bond donors (Lipinski definition) is 2. The van der Waals surface area contributed by atoms with Crippen molar-refractivity contribution in [3.05, 3.63) is 94.5 Å². The van der Waals surface area contributed by atoms with Crippen LogP contribution in [-0.2, 0) is 14.3 Å². The third-order valence-corrected chi connectivity index (χ3v) is 5.44. The second-order valence-corrected chi connectivity index (χ2v) is 7.92. The van der Waals surface area contributed by atoms with Gasteiger partial charge in [-0.05, 0) is 36.2 Å². The first kappa shape index (κ1) is 24.8. The third kappa shape index (κ3) is 6.83. The first-order valence-electron chi connectivity index (χ1n) is 10.6.